The molecule has 0 aliphatic heterocycles. The molecule has 0 fully saturated rings. The Kier molecular flexibility index (Phi) is 13.0. The molecule has 0 aliphatic carbocycles. The van der Waals surface area contributed by atoms with Crippen molar-refractivity contribution in [3.05, 3.63) is 71.3 Å². The molecule has 18 nitrogen and oxygen atoms in total. The van der Waals surface area contributed by atoms with Gasteiger partial charge in [-0.1, -0.05) is 0 Å². The van der Waals surface area contributed by atoms with E-state index >= 15 is 0 Å². The second-order valence-corrected chi connectivity index (χ2v) is 5.59. The van der Waals surface area contributed by atoms with Gasteiger partial charge in [-0.3, -0.25) is 0 Å². The summed E-state index contributed by atoms with van der Waals surface area (Å²) in [5.41, 5.74) is -3.31. The van der Waals surface area contributed by atoms with E-state index in [0.717, 1.165) is 37.2 Å². The molecule has 0 spiro atoms. The smallest absolute Gasteiger partial charge is 0.476 e. The molecule has 6 N–H and O–H groups in total. The SMILES string of the molecule is O=C(O)c1nccnc1C(=O)O.O=C(O)c1nccnc1C(=O)O.O=C(O)c1nccnc1C(=O)O.[Bi+3]. The zero-order chi connectivity index (χ0) is 27.4. The monoisotopic (exact) mass is 713 g/mol. The van der Waals surface area contributed by atoms with Crippen molar-refractivity contribution in [1.29, 1.82) is 0 Å². The van der Waals surface area contributed by atoms with Gasteiger partial charge in [-0.2, -0.15) is 0 Å². The van der Waals surface area contributed by atoms with Crippen molar-refractivity contribution in [3.63, 3.8) is 0 Å². The van der Waals surface area contributed by atoms with Gasteiger partial charge in [0, 0.05) is 37.2 Å². The van der Waals surface area contributed by atoms with Crippen molar-refractivity contribution in [2.24, 2.45) is 0 Å². The fourth-order valence-electron chi connectivity index (χ4n) is 1.95. The summed E-state index contributed by atoms with van der Waals surface area (Å²) in [5, 5.41) is 50.7. The number of rotatable bonds is 6. The Labute approximate surface area is 222 Å². The van der Waals surface area contributed by atoms with E-state index in [1.807, 2.05) is 0 Å². The normalized spacial score (nSPS) is 9.08. The first kappa shape index (κ1) is 31.9. The van der Waals surface area contributed by atoms with E-state index in [2.05, 4.69) is 29.9 Å². The molecule has 0 saturated carbocycles. The fourth-order valence-corrected chi connectivity index (χ4v) is 1.95. The maximum atomic E-state index is 10.4. The van der Waals surface area contributed by atoms with Gasteiger partial charge >= 0.3 is 62.0 Å². The van der Waals surface area contributed by atoms with Gasteiger partial charge in [0.15, 0.2) is 34.2 Å². The molecule has 19 heteroatoms. The van der Waals surface area contributed by atoms with Crippen molar-refractivity contribution < 1.29 is 59.4 Å². The van der Waals surface area contributed by atoms with E-state index in [0.29, 0.717) is 0 Å². The summed E-state index contributed by atoms with van der Waals surface area (Å²) in [6.07, 6.45) is 6.73. The summed E-state index contributed by atoms with van der Waals surface area (Å²) >= 11 is 0. The molecule has 0 saturated heterocycles. The fraction of sp³-hybridized carbons (Fsp3) is 0. The van der Waals surface area contributed by atoms with Gasteiger partial charge in [0.1, 0.15) is 0 Å². The molecule has 3 heterocycles. The third-order valence-electron chi connectivity index (χ3n) is 3.31. The first-order valence-corrected chi connectivity index (χ1v) is 8.71. The van der Waals surface area contributed by atoms with Crippen molar-refractivity contribution in [3.8, 4) is 0 Å². The van der Waals surface area contributed by atoms with Crippen LogP contribution in [-0.4, -0.2) is 123 Å². The molecule has 2 radical (unpaired) electrons. The van der Waals surface area contributed by atoms with Crippen LogP contribution in [0.15, 0.2) is 37.2 Å². The van der Waals surface area contributed by atoms with Crippen LogP contribution < -0.4 is 0 Å². The van der Waals surface area contributed by atoms with Crippen LogP contribution in [0.2, 0.25) is 0 Å². The van der Waals surface area contributed by atoms with Gasteiger partial charge in [0.05, 0.1) is 0 Å². The molecule has 0 aliphatic rings. The minimum atomic E-state index is -1.40. The Morgan fingerprint density at radius 3 is 0.541 bits per heavy atom. The van der Waals surface area contributed by atoms with Crippen LogP contribution >= 0.6 is 0 Å². The third kappa shape index (κ3) is 9.61. The number of nitrogens with zero attached hydrogens (tertiary/aromatic N) is 6. The number of aromatic nitrogens is 6. The Morgan fingerprint density at radius 1 is 0.351 bits per heavy atom. The van der Waals surface area contributed by atoms with Crippen LogP contribution in [0, 0.1) is 0 Å². The van der Waals surface area contributed by atoms with E-state index in [1.165, 1.54) is 0 Å². The number of carbonyl (C=O) groups is 6. The quantitative estimate of drug-likeness (QED) is 0.171. The molecule has 0 aromatic carbocycles. The van der Waals surface area contributed by atoms with Crippen LogP contribution in [0.4, 0.5) is 0 Å². The summed E-state index contributed by atoms with van der Waals surface area (Å²) < 4.78 is 0. The van der Waals surface area contributed by atoms with Crippen LogP contribution in [0.1, 0.15) is 62.9 Å². The van der Waals surface area contributed by atoms with E-state index in [1.54, 1.807) is 0 Å². The first-order chi connectivity index (χ1) is 16.9. The number of hydrogen-bond donors (Lipinski definition) is 6. The summed E-state index contributed by atoms with van der Waals surface area (Å²) in [6, 6.07) is 0. The van der Waals surface area contributed by atoms with Crippen LogP contribution in [-0.2, 0) is 0 Å². The number of aromatic carboxylic acids is 6. The van der Waals surface area contributed by atoms with Gasteiger partial charge in [-0.05, 0) is 0 Å². The Bertz CT molecular complexity index is 1080. The standard InChI is InChI=1S/3C6H4N2O4.Bi/c3*9-5(10)3-4(6(11)12)8-2-1-7-3;/h3*1-2H,(H,9,10)(H,11,12);/q;;;+3. The molecule has 0 unspecified atom stereocenters. The zero-order valence-electron chi connectivity index (χ0n) is 17.7. The van der Waals surface area contributed by atoms with E-state index in [-0.39, 0.29) is 26.2 Å². The molecule has 37 heavy (non-hydrogen) atoms. The number of carboxylic acids is 6. The summed E-state index contributed by atoms with van der Waals surface area (Å²) in [6.45, 7) is 0. The van der Waals surface area contributed by atoms with Crippen molar-refractivity contribution in [2.45, 2.75) is 0 Å². The largest absolute Gasteiger partial charge is 3.00 e. The Morgan fingerprint density at radius 2 is 0.459 bits per heavy atom. The Balaban J connectivity index is 0.000000518. The van der Waals surface area contributed by atoms with Gasteiger partial charge in [0.25, 0.3) is 0 Å². The minimum absolute atomic E-state index is 0. The average molecular weight is 713 g/mol. The average Bonchev–Trinajstić information content (AvgIpc) is 2.84. The minimum Gasteiger partial charge on any atom is -0.476 e. The maximum absolute atomic E-state index is 10.4. The van der Waals surface area contributed by atoms with Gasteiger partial charge < -0.3 is 30.6 Å². The molecule has 0 bridgehead atoms. The number of hydrogen-bond acceptors (Lipinski definition) is 12. The molecule has 0 atom stereocenters. The van der Waals surface area contributed by atoms with Gasteiger partial charge in [-0.25, -0.2) is 58.7 Å². The topological polar surface area (TPSA) is 301 Å². The summed E-state index contributed by atoms with van der Waals surface area (Å²) in [4.78, 5) is 82.3. The van der Waals surface area contributed by atoms with Crippen LogP contribution in [0.25, 0.3) is 0 Å². The molecule has 188 valence electrons. The van der Waals surface area contributed by atoms with Crippen molar-refractivity contribution in [1.82, 2.24) is 29.9 Å². The molecule has 3 aromatic heterocycles. The second-order valence-electron chi connectivity index (χ2n) is 5.59. The van der Waals surface area contributed by atoms with Crippen molar-refractivity contribution in [2.75, 3.05) is 0 Å². The molecule has 0 amide bonds. The number of carboxylic acid groups (broad SMARTS) is 6. The van der Waals surface area contributed by atoms with Gasteiger partial charge in [0.2, 0.25) is 0 Å². The first-order valence-electron chi connectivity index (χ1n) is 8.71. The maximum Gasteiger partial charge on any atom is 3.00 e. The third-order valence-corrected chi connectivity index (χ3v) is 3.31. The second kappa shape index (κ2) is 15.0. The zero-order valence-corrected chi connectivity index (χ0v) is 21.2. The summed E-state index contributed by atoms with van der Waals surface area (Å²) in [7, 11) is 0. The Hall–Kier alpha value is -5.06. The van der Waals surface area contributed by atoms with Crippen LogP contribution in [0.3, 0.4) is 0 Å². The van der Waals surface area contributed by atoms with Crippen molar-refractivity contribution >= 4 is 62.0 Å². The van der Waals surface area contributed by atoms with Gasteiger partial charge in [-0.15, -0.1) is 0 Å². The summed E-state index contributed by atoms with van der Waals surface area (Å²) in [5.74, 6) is -8.41. The molecular weight excluding hydrogens is 701 g/mol. The predicted molar refractivity (Wildman–Crippen MR) is 114 cm³/mol. The van der Waals surface area contributed by atoms with E-state index < -0.39 is 70.0 Å². The van der Waals surface area contributed by atoms with E-state index in [4.69, 9.17) is 30.6 Å². The predicted octanol–water partition coefficient (Wildman–Crippen LogP) is -0.762. The van der Waals surface area contributed by atoms with Crippen LogP contribution in [0.5, 0.6) is 0 Å². The molecule has 3 rings (SSSR count). The molecule has 3 aromatic rings. The van der Waals surface area contributed by atoms with E-state index in [9.17, 15) is 28.8 Å². The molecular formula is C18H12BiN6O12+3.